The summed E-state index contributed by atoms with van der Waals surface area (Å²) in [5, 5.41) is 0. The van der Waals surface area contributed by atoms with Gasteiger partial charge in [-0.3, -0.25) is 0 Å². The third kappa shape index (κ3) is 1.69. The molecule has 2 aliphatic rings. The maximum absolute atomic E-state index is 11.8. The summed E-state index contributed by atoms with van der Waals surface area (Å²) in [6.07, 6.45) is 3.02. The van der Waals surface area contributed by atoms with Crippen molar-refractivity contribution in [1.29, 1.82) is 0 Å². The van der Waals surface area contributed by atoms with E-state index in [9.17, 15) is 13.2 Å². The van der Waals surface area contributed by atoms with Gasteiger partial charge in [-0.2, -0.15) is 17.0 Å². The van der Waals surface area contributed by atoms with Gasteiger partial charge in [0.25, 0.3) is 10.2 Å². The van der Waals surface area contributed by atoms with E-state index < -0.39 is 10.2 Å². The Kier molecular flexibility index (Phi) is 2.59. The summed E-state index contributed by atoms with van der Waals surface area (Å²) in [4.78, 5) is 10.2. The summed E-state index contributed by atoms with van der Waals surface area (Å²) in [6, 6.07) is 0.237. The Labute approximate surface area is 83.9 Å². The molecule has 1 aliphatic heterocycles. The van der Waals surface area contributed by atoms with Gasteiger partial charge in [0.15, 0.2) is 0 Å². The molecule has 0 aromatic carbocycles. The molecule has 5 nitrogen and oxygen atoms in total. The summed E-state index contributed by atoms with van der Waals surface area (Å²) in [5.41, 5.74) is 0. The van der Waals surface area contributed by atoms with Gasteiger partial charge in [0.05, 0.1) is 0 Å². The first-order valence-corrected chi connectivity index (χ1v) is 6.26. The Morgan fingerprint density at radius 3 is 2.57 bits per heavy atom. The van der Waals surface area contributed by atoms with E-state index in [0.29, 0.717) is 19.6 Å². The van der Waals surface area contributed by atoms with Crippen molar-refractivity contribution in [3.05, 3.63) is 0 Å². The molecule has 0 N–H and O–H groups in total. The van der Waals surface area contributed by atoms with Crippen LogP contribution in [0.1, 0.15) is 19.3 Å². The summed E-state index contributed by atoms with van der Waals surface area (Å²) < 4.78 is 26.6. The van der Waals surface area contributed by atoms with Crippen molar-refractivity contribution < 1.29 is 13.2 Å². The summed E-state index contributed by atoms with van der Waals surface area (Å²) >= 11 is 0. The van der Waals surface area contributed by atoms with Gasteiger partial charge in [0.1, 0.15) is 6.29 Å². The molecule has 1 saturated heterocycles. The van der Waals surface area contributed by atoms with Crippen LogP contribution in [0.5, 0.6) is 0 Å². The highest BCUT2D eigenvalue weighted by Gasteiger charge is 2.44. The van der Waals surface area contributed by atoms with Crippen LogP contribution in [0.2, 0.25) is 0 Å². The second-order valence-corrected chi connectivity index (χ2v) is 5.59. The average Bonchev–Trinajstić information content (AvgIpc) is 2.90. The van der Waals surface area contributed by atoms with Crippen LogP contribution >= 0.6 is 0 Å². The summed E-state index contributed by atoms with van der Waals surface area (Å²) in [5.74, 6) is 0. The zero-order valence-corrected chi connectivity index (χ0v) is 8.74. The normalized spacial score (nSPS) is 28.0. The molecule has 14 heavy (non-hydrogen) atoms. The molecular formula is C8H14N2O3S. The fourth-order valence-electron chi connectivity index (χ4n) is 1.75. The lowest BCUT2D eigenvalue weighted by Crippen LogP contribution is -2.34. The number of rotatable bonds is 4. The molecule has 0 aromatic rings. The molecule has 1 saturated carbocycles. The predicted molar refractivity (Wildman–Crippen MR) is 50.9 cm³/mol. The minimum absolute atomic E-state index is 0.237. The molecule has 0 atom stereocenters. The molecule has 1 heterocycles. The molecule has 0 aromatic heterocycles. The molecular weight excluding hydrogens is 204 g/mol. The van der Waals surface area contributed by atoms with E-state index >= 15 is 0 Å². The molecule has 0 spiro atoms. The maximum Gasteiger partial charge on any atom is 0.282 e. The number of nitrogens with zero attached hydrogens (tertiary/aromatic N) is 2. The lowest BCUT2D eigenvalue weighted by molar-refractivity contribution is -0.107. The van der Waals surface area contributed by atoms with Crippen molar-refractivity contribution in [2.75, 3.05) is 19.6 Å². The Hall–Kier alpha value is -0.460. The number of carbonyl (C=O) groups excluding carboxylic acids is 1. The number of hydrogen-bond donors (Lipinski definition) is 0. The van der Waals surface area contributed by atoms with E-state index in [1.807, 2.05) is 0 Å². The largest absolute Gasteiger partial charge is 0.303 e. The SMILES string of the molecule is O=CCCN1CCN(C2CC2)S1(=O)=O. The number of hydrogen-bond acceptors (Lipinski definition) is 3. The highest BCUT2D eigenvalue weighted by Crippen LogP contribution is 2.32. The molecule has 6 heteroatoms. The third-order valence-corrected chi connectivity index (χ3v) is 4.73. The number of aldehydes is 1. The molecule has 0 bridgehead atoms. The summed E-state index contributed by atoms with van der Waals surface area (Å²) in [6.45, 7) is 1.45. The van der Waals surface area contributed by atoms with Gasteiger partial charge in [-0.05, 0) is 12.8 Å². The molecule has 1 aliphatic carbocycles. The standard InChI is InChI=1S/C8H14N2O3S/c11-7-1-4-9-5-6-10(8-2-3-8)14(9,12)13/h7-8H,1-6H2. The second-order valence-electron chi connectivity index (χ2n) is 3.70. The first-order chi connectivity index (χ1) is 6.66. The highest BCUT2D eigenvalue weighted by atomic mass is 32.2. The molecule has 80 valence electrons. The zero-order chi connectivity index (χ0) is 10.2. The highest BCUT2D eigenvalue weighted by molar-refractivity contribution is 7.87. The van der Waals surface area contributed by atoms with Gasteiger partial charge in [-0.25, -0.2) is 0 Å². The Morgan fingerprint density at radius 2 is 2.00 bits per heavy atom. The molecule has 0 amide bonds. The van der Waals surface area contributed by atoms with Crippen LogP contribution in [0.3, 0.4) is 0 Å². The van der Waals surface area contributed by atoms with Crippen LogP contribution in [0.25, 0.3) is 0 Å². The van der Waals surface area contributed by atoms with Crippen molar-refractivity contribution in [3.8, 4) is 0 Å². The minimum Gasteiger partial charge on any atom is -0.303 e. The quantitative estimate of drug-likeness (QED) is 0.603. The van der Waals surface area contributed by atoms with Crippen molar-refractivity contribution in [2.45, 2.75) is 25.3 Å². The fourth-order valence-corrected chi connectivity index (χ4v) is 3.59. The van der Waals surface area contributed by atoms with Gasteiger partial charge in [-0.1, -0.05) is 0 Å². The van der Waals surface area contributed by atoms with Crippen molar-refractivity contribution >= 4 is 16.5 Å². The zero-order valence-electron chi connectivity index (χ0n) is 7.92. The predicted octanol–water partition coefficient (Wildman–Crippen LogP) is -0.400. The fraction of sp³-hybridized carbons (Fsp3) is 0.875. The van der Waals surface area contributed by atoms with Gasteiger partial charge in [0, 0.05) is 32.1 Å². The van der Waals surface area contributed by atoms with E-state index in [2.05, 4.69) is 0 Å². The molecule has 2 fully saturated rings. The first kappa shape index (κ1) is 10.1. The van der Waals surface area contributed by atoms with Crippen molar-refractivity contribution in [3.63, 3.8) is 0 Å². The van der Waals surface area contributed by atoms with Gasteiger partial charge in [0.2, 0.25) is 0 Å². The van der Waals surface area contributed by atoms with Crippen molar-refractivity contribution in [1.82, 2.24) is 8.61 Å². The lowest BCUT2D eigenvalue weighted by Gasteiger charge is -2.16. The van der Waals surface area contributed by atoms with Crippen LogP contribution in [0.4, 0.5) is 0 Å². The van der Waals surface area contributed by atoms with Crippen molar-refractivity contribution in [2.24, 2.45) is 0 Å². The third-order valence-electron chi connectivity index (χ3n) is 2.64. The van der Waals surface area contributed by atoms with Crippen LogP contribution in [-0.2, 0) is 15.0 Å². The smallest absolute Gasteiger partial charge is 0.282 e. The van der Waals surface area contributed by atoms with Gasteiger partial charge < -0.3 is 4.79 Å². The average molecular weight is 218 g/mol. The van der Waals surface area contributed by atoms with E-state index in [0.717, 1.165) is 19.1 Å². The maximum atomic E-state index is 11.8. The summed E-state index contributed by atoms with van der Waals surface area (Å²) in [7, 11) is -3.23. The Balaban J connectivity index is 2.04. The van der Waals surface area contributed by atoms with Crippen LogP contribution < -0.4 is 0 Å². The van der Waals surface area contributed by atoms with Crippen LogP contribution in [0, 0.1) is 0 Å². The second kappa shape index (κ2) is 3.60. The van der Waals surface area contributed by atoms with E-state index in [4.69, 9.17) is 0 Å². The first-order valence-electron chi connectivity index (χ1n) is 4.87. The van der Waals surface area contributed by atoms with E-state index in [1.165, 1.54) is 4.31 Å². The lowest BCUT2D eigenvalue weighted by atomic mass is 10.4. The Morgan fingerprint density at radius 1 is 1.29 bits per heavy atom. The van der Waals surface area contributed by atoms with Crippen LogP contribution in [0.15, 0.2) is 0 Å². The van der Waals surface area contributed by atoms with E-state index in [1.54, 1.807) is 4.31 Å². The topological polar surface area (TPSA) is 57.7 Å². The van der Waals surface area contributed by atoms with E-state index in [-0.39, 0.29) is 12.5 Å². The molecule has 0 radical (unpaired) electrons. The number of carbonyl (C=O) groups is 1. The monoisotopic (exact) mass is 218 g/mol. The minimum atomic E-state index is -3.23. The van der Waals surface area contributed by atoms with Gasteiger partial charge in [-0.15, -0.1) is 0 Å². The van der Waals surface area contributed by atoms with Gasteiger partial charge >= 0.3 is 0 Å². The Bertz CT molecular complexity index is 323. The van der Waals surface area contributed by atoms with Crippen LogP contribution in [-0.4, -0.2) is 49.0 Å². The molecule has 2 rings (SSSR count). The molecule has 0 unspecified atom stereocenters.